The van der Waals surface area contributed by atoms with E-state index in [0.29, 0.717) is 45.8 Å². The third-order valence-electron chi connectivity index (χ3n) is 19.1. The Morgan fingerprint density at radius 2 is 1.07 bits per heavy atom. The number of thiophene rings is 1. The Balaban J connectivity index is 0.000000141. The van der Waals surface area contributed by atoms with Gasteiger partial charge in [-0.25, -0.2) is 14.4 Å². The third kappa shape index (κ3) is 16.5. The van der Waals surface area contributed by atoms with E-state index in [-0.39, 0.29) is 35.3 Å². The van der Waals surface area contributed by atoms with Crippen LogP contribution < -0.4 is 9.80 Å². The van der Waals surface area contributed by atoms with Gasteiger partial charge in [0.15, 0.2) is 17.3 Å². The number of aromatic nitrogens is 3. The number of nitrogens with zero attached hydrogens (tertiary/aromatic N) is 8. The Morgan fingerprint density at radius 1 is 0.541 bits per heavy atom. The molecule has 5 aromatic heterocycles. The molecule has 14 rings (SSSR count). The number of ketones is 3. The summed E-state index contributed by atoms with van der Waals surface area (Å²) in [6.07, 6.45) is 10.9. The molecule has 16 heteroatoms. The van der Waals surface area contributed by atoms with Crippen LogP contribution in [0.3, 0.4) is 0 Å². The molecule has 14 nitrogen and oxygen atoms in total. The normalized spacial score (nSPS) is 21.9. The molecule has 98 heavy (non-hydrogen) atoms. The van der Waals surface area contributed by atoms with E-state index in [0.717, 1.165) is 132 Å². The largest absolute Gasteiger partial charge is 0.468 e. The molecule has 3 atom stereocenters. The Bertz CT molecular complexity index is 4200. The predicted molar refractivity (Wildman–Crippen MR) is 388 cm³/mol. The van der Waals surface area contributed by atoms with Crippen LogP contribution in [0.15, 0.2) is 233 Å². The molecule has 3 unspecified atom stereocenters. The van der Waals surface area contributed by atoms with E-state index in [1.54, 1.807) is 23.8 Å². The summed E-state index contributed by atoms with van der Waals surface area (Å²) >= 11 is 1.79. The fourth-order valence-corrected chi connectivity index (χ4v) is 14.8. The average molecular weight is 1330 g/mol. The van der Waals surface area contributed by atoms with E-state index in [9.17, 15) is 18.8 Å². The van der Waals surface area contributed by atoms with Gasteiger partial charge in [-0.05, 0) is 126 Å². The monoisotopic (exact) mass is 1330 g/mol. The maximum absolute atomic E-state index is 13.9. The lowest BCUT2D eigenvalue weighted by Crippen LogP contribution is -2.52. The van der Waals surface area contributed by atoms with Crippen molar-refractivity contribution in [3.8, 4) is 0 Å². The van der Waals surface area contributed by atoms with Gasteiger partial charge in [0, 0.05) is 104 Å². The van der Waals surface area contributed by atoms with Crippen molar-refractivity contribution in [2.45, 2.75) is 78.2 Å². The van der Waals surface area contributed by atoms with Crippen molar-refractivity contribution < 1.29 is 32.7 Å². The van der Waals surface area contributed by atoms with Crippen LogP contribution in [0.25, 0.3) is 18.2 Å². The molecule has 0 spiro atoms. The molecule has 10 heterocycles. The number of morpholine rings is 2. The molecule has 0 radical (unpaired) electrons. The number of Topliss-reactive ketones (excluding diaryl/α,β-unsaturated/α-hetero) is 3. The van der Waals surface area contributed by atoms with Crippen molar-refractivity contribution in [2.24, 2.45) is 10.8 Å². The Kier molecular flexibility index (Phi) is 22.2. The lowest BCUT2D eigenvalue weighted by Gasteiger charge is -2.46. The molecule has 0 amide bonds. The number of anilines is 2. The SMILES string of the molecule is CC1(C)CN(Cc2ccc(F)cc2)C(c2ccccc2)C(=Cc2cccc(N3CCOCC3)n2)C1=O.CC1(C)CN(Cc2ccco2)C(c2ccccc2)C(=Cc2ccccn2)C1=O.CC1(c2ccccc2)C(=Cc2cccc(N3CCOCC3)n2)C(=O)CCN1CCc1cccs1. The van der Waals surface area contributed by atoms with E-state index < -0.39 is 16.4 Å². The highest BCUT2D eigenvalue weighted by molar-refractivity contribution is 7.09. The molecular formula is C82H87FN8O6S. The van der Waals surface area contributed by atoms with Gasteiger partial charge < -0.3 is 23.7 Å². The second kappa shape index (κ2) is 31.6. The molecule has 5 saturated heterocycles. The number of pyridine rings is 3. The number of likely N-dealkylation sites (tertiary alicyclic amines) is 3. The minimum absolute atomic E-state index is 0.130. The predicted octanol–water partition coefficient (Wildman–Crippen LogP) is 15.0. The van der Waals surface area contributed by atoms with Crippen molar-refractivity contribution in [3.05, 3.63) is 284 Å². The first-order chi connectivity index (χ1) is 47.6. The fourth-order valence-electron chi connectivity index (χ4n) is 14.1. The summed E-state index contributed by atoms with van der Waals surface area (Å²) in [7, 11) is 0. The zero-order valence-electron chi connectivity index (χ0n) is 56.7. The van der Waals surface area contributed by atoms with Gasteiger partial charge in [0.2, 0.25) is 0 Å². The number of hydrogen-bond acceptors (Lipinski definition) is 15. The highest BCUT2D eigenvalue weighted by Gasteiger charge is 2.47. The van der Waals surface area contributed by atoms with Crippen molar-refractivity contribution in [1.82, 2.24) is 29.7 Å². The molecule has 9 aromatic rings. The topological polar surface area (TPSA) is 138 Å². The average Bonchev–Trinajstić information content (AvgIpc) is 0.785. The summed E-state index contributed by atoms with van der Waals surface area (Å²) in [4.78, 5) is 67.9. The second-order valence-corrected chi connectivity index (χ2v) is 28.1. The van der Waals surface area contributed by atoms with Crippen LogP contribution in [0.5, 0.6) is 0 Å². The van der Waals surface area contributed by atoms with Gasteiger partial charge in [-0.3, -0.25) is 34.1 Å². The Hall–Kier alpha value is -9.13. The van der Waals surface area contributed by atoms with Crippen molar-refractivity contribution in [3.63, 3.8) is 0 Å². The van der Waals surface area contributed by atoms with Crippen molar-refractivity contribution in [1.29, 1.82) is 0 Å². The summed E-state index contributed by atoms with van der Waals surface area (Å²) in [5.74, 6) is 2.99. The van der Waals surface area contributed by atoms with E-state index in [1.165, 1.54) is 17.0 Å². The molecule has 5 aliphatic rings. The molecule has 0 saturated carbocycles. The van der Waals surface area contributed by atoms with Crippen LogP contribution >= 0.6 is 11.3 Å². The quantitative estimate of drug-likeness (QED) is 0.0900. The lowest BCUT2D eigenvalue weighted by molar-refractivity contribution is -0.129. The summed E-state index contributed by atoms with van der Waals surface area (Å²) in [5, 5.41) is 2.13. The number of hydrogen-bond donors (Lipinski definition) is 0. The molecule has 504 valence electrons. The van der Waals surface area contributed by atoms with Crippen LogP contribution in [0.2, 0.25) is 0 Å². The van der Waals surface area contributed by atoms with Gasteiger partial charge in [0.05, 0.1) is 73.9 Å². The van der Waals surface area contributed by atoms with Crippen molar-refractivity contribution >= 4 is 58.6 Å². The maximum Gasteiger partial charge on any atom is 0.167 e. The Morgan fingerprint density at radius 3 is 1.60 bits per heavy atom. The molecule has 5 fully saturated rings. The molecule has 4 aromatic carbocycles. The number of halogens is 1. The molecule has 0 aliphatic carbocycles. The van der Waals surface area contributed by atoms with Crippen LogP contribution in [-0.4, -0.2) is 126 Å². The molecule has 0 N–H and O–H groups in total. The van der Waals surface area contributed by atoms with Gasteiger partial charge in [0.25, 0.3) is 0 Å². The van der Waals surface area contributed by atoms with Crippen LogP contribution in [0.1, 0.15) is 103 Å². The smallest absolute Gasteiger partial charge is 0.167 e. The van der Waals surface area contributed by atoms with Gasteiger partial charge in [-0.2, -0.15) is 0 Å². The maximum atomic E-state index is 13.9. The molecule has 0 bridgehead atoms. The van der Waals surface area contributed by atoms with Crippen LogP contribution in [-0.2, 0) is 48.9 Å². The minimum Gasteiger partial charge on any atom is -0.468 e. The number of furan rings is 1. The highest BCUT2D eigenvalue weighted by Crippen LogP contribution is 2.45. The van der Waals surface area contributed by atoms with Crippen LogP contribution in [0.4, 0.5) is 16.0 Å². The lowest BCUT2D eigenvalue weighted by atomic mass is 9.74. The zero-order valence-corrected chi connectivity index (χ0v) is 57.5. The van der Waals surface area contributed by atoms with Gasteiger partial charge in [-0.15, -0.1) is 11.3 Å². The first-order valence-corrected chi connectivity index (χ1v) is 34.9. The molecular weight excluding hydrogens is 1240 g/mol. The number of carbonyl (C=O) groups is 3. The van der Waals surface area contributed by atoms with Gasteiger partial charge in [-0.1, -0.05) is 155 Å². The number of rotatable bonds is 15. The number of carbonyl (C=O) groups excluding carboxylic acids is 3. The summed E-state index contributed by atoms with van der Waals surface area (Å²) in [6.45, 7) is 20.5. The first kappa shape index (κ1) is 68.8. The van der Waals surface area contributed by atoms with E-state index in [4.69, 9.17) is 23.9 Å². The first-order valence-electron chi connectivity index (χ1n) is 34.1. The summed E-state index contributed by atoms with van der Waals surface area (Å²) in [6, 6.07) is 63.0. The highest BCUT2D eigenvalue weighted by atomic mass is 32.1. The minimum atomic E-state index is -0.570. The third-order valence-corrected chi connectivity index (χ3v) is 20.1. The van der Waals surface area contributed by atoms with E-state index >= 15 is 0 Å². The molecule has 5 aliphatic heterocycles. The standard InChI is InChI=1S/C30H32FN3O2.C28H31N3O2S.C24H24N2O2/c1-30(2)21-34(20-22-11-13-24(31)14-12-22)28(23-7-4-3-5-8-23)26(29(30)35)19-25-9-6-10-27(32-25)33-15-17-36-18-16-33;1-28(22-7-3-2-4-8-22)25(26(32)13-15-31(28)14-12-24-10-6-20-34-24)21-23-9-5-11-27(29-23)30-16-18-33-19-17-30;1-24(2)17-26(16-20-12-8-14-28-20)22(18-9-4-3-5-10-18)21(23(24)27)15-19-11-6-7-13-25-19/h3-14,19,28H,15-18,20-21H2,1-2H3;2-11,20-21H,12-19H2,1H3;3-15,22H,16-17H2,1-2H3. The van der Waals surface area contributed by atoms with Crippen molar-refractivity contribution in [2.75, 3.05) is 88.6 Å². The summed E-state index contributed by atoms with van der Waals surface area (Å²) in [5.41, 5.74) is 7.45. The van der Waals surface area contributed by atoms with Gasteiger partial charge in [0.1, 0.15) is 23.2 Å². The van der Waals surface area contributed by atoms with Crippen LogP contribution in [0, 0.1) is 16.6 Å². The fraction of sp³-hybridized carbons (Fsp3) is 0.317. The number of ether oxygens (including phenoxy) is 2. The van der Waals surface area contributed by atoms with Gasteiger partial charge >= 0.3 is 0 Å². The zero-order chi connectivity index (χ0) is 68.1. The second-order valence-electron chi connectivity index (χ2n) is 27.0. The number of benzene rings is 4. The summed E-state index contributed by atoms with van der Waals surface area (Å²) < 4.78 is 30.2. The number of piperidine rings is 3. The van der Waals surface area contributed by atoms with E-state index in [1.807, 2.05) is 167 Å². The Labute approximate surface area is 579 Å². The van der Waals surface area contributed by atoms with E-state index in [2.05, 4.69) is 102 Å².